The maximum atomic E-state index is 12.0. The molecule has 1 rings (SSSR count). The van der Waals surface area contributed by atoms with Crippen LogP contribution in [0.25, 0.3) is 0 Å². The molecule has 0 aliphatic rings. The summed E-state index contributed by atoms with van der Waals surface area (Å²) in [6.45, 7) is 15.8. The van der Waals surface area contributed by atoms with Crippen molar-refractivity contribution in [3.8, 4) is 0 Å². The van der Waals surface area contributed by atoms with Crippen LogP contribution in [-0.2, 0) is 10.2 Å². The number of amides is 1. The third-order valence-electron chi connectivity index (χ3n) is 2.85. The molecule has 20 heavy (non-hydrogen) atoms. The number of anilines is 1. The summed E-state index contributed by atoms with van der Waals surface area (Å²) < 4.78 is 5.14. The summed E-state index contributed by atoms with van der Waals surface area (Å²) in [6.07, 6.45) is 0. The highest BCUT2D eigenvalue weighted by Crippen LogP contribution is 2.23. The average Bonchev–Trinajstić information content (AvgIpc) is 2.75. The lowest BCUT2D eigenvalue weighted by Gasteiger charge is -2.19. The summed E-state index contributed by atoms with van der Waals surface area (Å²) in [7, 11) is 0. The van der Waals surface area contributed by atoms with Crippen LogP contribution in [0.4, 0.5) is 5.88 Å². The Labute approximate surface area is 121 Å². The van der Waals surface area contributed by atoms with Crippen molar-refractivity contribution in [2.24, 2.45) is 0 Å². The Kier molecular flexibility index (Phi) is 5.51. The first-order valence-electron chi connectivity index (χ1n) is 6.86. The molecule has 0 radical (unpaired) electrons. The maximum absolute atomic E-state index is 12.0. The van der Waals surface area contributed by atoms with Gasteiger partial charge in [-0.2, -0.15) is 0 Å². The van der Waals surface area contributed by atoms with Gasteiger partial charge in [0.2, 0.25) is 11.8 Å². The molecule has 0 fully saturated rings. The van der Waals surface area contributed by atoms with Crippen LogP contribution in [0.1, 0.15) is 40.3 Å². The second-order valence-corrected chi connectivity index (χ2v) is 6.13. The van der Waals surface area contributed by atoms with E-state index in [9.17, 15) is 4.79 Å². The quantitative estimate of drug-likeness (QED) is 0.813. The van der Waals surface area contributed by atoms with Crippen molar-refractivity contribution < 1.29 is 9.32 Å². The number of nitrogens with one attached hydrogen (secondary N) is 1. The van der Waals surface area contributed by atoms with Crippen molar-refractivity contribution in [2.75, 3.05) is 25.0 Å². The van der Waals surface area contributed by atoms with Gasteiger partial charge in [-0.3, -0.25) is 15.0 Å². The Morgan fingerprint density at radius 1 is 1.45 bits per heavy atom. The standard InChI is InChI=1S/C15H25N3O2/c1-7-18(9-11(2)3)10-13(19)16-14-8-12(17-20-14)15(4,5)6/h8H,2,7,9-10H2,1,3-6H3,(H,16,19). The van der Waals surface area contributed by atoms with Gasteiger partial charge in [0, 0.05) is 18.0 Å². The van der Waals surface area contributed by atoms with E-state index in [1.807, 2.05) is 39.5 Å². The number of aromatic nitrogens is 1. The first-order chi connectivity index (χ1) is 9.22. The molecule has 112 valence electrons. The molecule has 1 aromatic rings. The third-order valence-corrected chi connectivity index (χ3v) is 2.85. The van der Waals surface area contributed by atoms with Crippen molar-refractivity contribution in [2.45, 2.75) is 40.0 Å². The van der Waals surface area contributed by atoms with Crippen LogP contribution in [0.3, 0.4) is 0 Å². The monoisotopic (exact) mass is 279 g/mol. The maximum Gasteiger partial charge on any atom is 0.240 e. The number of hydrogen-bond acceptors (Lipinski definition) is 4. The zero-order valence-corrected chi connectivity index (χ0v) is 13.1. The molecule has 0 aliphatic heterocycles. The summed E-state index contributed by atoms with van der Waals surface area (Å²) in [6, 6.07) is 1.77. The van der Waals surface area contributed by atoms with E-state index in [0.717, 1.165) is 17.8 Å². The average molecular weight is 279 g/mol. The Balaban J connectivity index is 2.58. The lowest BCUT2D eigenvalue weighted by atomic mass is 9.92. The molecule has 0 saturated carbocycles. The molecular weight excluding hydrogens is 254 g/mol. The van der Waals surface area contributed by atoms with E-state index in [2.05, 4.69) is 17.1 Å². The van der Waals surface area contributed by atoms with Gasteiger partial charge in [-0.25, -0.2) is 0 Å². The first kappa shape index (κ1) is 16.4. The third kappa shape index (κ3) is 5.17. The van der Waals surface area contributed by atoms with Crippen molar-refractivity contribution in [1.82, 2.24) is 10.1 Å². The molecule has 1 amide bonds. The first-order valence-corrected chi connectivity index (χ1v) is 6.86. The van der Waals surface area contributed by atoms with Gasteiger partial charge in [-0.1, -0.05) is 45.0 Å². The summed E-state index contributed by atoms with van der Waals surface area (Å²) in [5.41, 5.74) is 1.76. The van der Waals surface area contributed by atoms with Gasteiger partial charge in [0.15, 0.2) is 0 Å². The van der Waals surface area contributed by atoms with Gasteiger partial charge < -0.3 is 4.52 Å². The summed E-state index contributed by atoms with van der Waals surface area (Å²) >= 11 is 0. The van der Waals surface area contributed by atoms with E-state index < -0.39 is 0 Å². The normalized spacial score (nSPS) is 11.7. The minimum atomic E-state index is -0.107. The minimum absolute atomic E-state index is 0.0954. The van der Waals surface area contributed by atoms with Crippen LogP contribution < -0.4 is 5.32 Å². The summed E-state index contributed by atoms with van der Waals surface area (Å²) in [4.78, 5) is 14.0. The number of carbonyl (C=O) groups excluding carboxylic acids is 1. The molecule has 0 saturated heterocycles. The number of rotatable bonds is 6. The van der Waals surface area contributed by atoms with E-state index in [1.54, 1.807) is 6.07 Å². The van der Waals surface area contributed by atoms with Crippen LogP contribution >= 0.6 is 0 Å². The number of likely N-dealkylation sites (N-methyl/N-ethyl adjacent to an activating group) is 1. The molecular formula is C15H25N3O2. The molecule has 0 aliphatic carbocycles. The van der Waals surface area contributed by atoms with E-state index in [0.29, 0.717) is 19.0 Å². The molecule has 1 heterocycles. The van der Waals surface area contributed by atoms with Crippen molar-refractivity contribution in [1.29, 1.82) is 0 Å². The Morgan fingerprint density at radius 2 is 2.10 bits per heavy atom. The molecule has 1 N–H and O–H groups in total. The molecule has 5 heteroatoms. The van der Waals surface area contributed by atoms with Crippen molar-refractivity contribution in [3.05, 3.63) is 23.9 Å². The summed E-state index contributed by atoms with van der Waals surface area (Å²) in [5, 5.41) is 6.70. The van der Waals surface area contributed by atoms with E-state index in [-0.39, 0.29) is 11.3 Å². The van der Waals surface area contributed by atoms with Gasteiger partial charge in [0.1, 0.15) is 0 Å². The lowest BCUT2D eigenvalue weighted by Crippen LogP contribution is -2.34. The Hall–Kier alpha value is -1.62. The smallest absolute Gasteiger partial charge is 0.240 e. The van der Waals surface area contributed by atoms with Gasteiger partial charge in [-0.05, 0) is 13.5 Å². The SMILES string of the molecule is C=C(C)CN(CC)CC(=O)Nc1cc(C(C)(C)C)no1. The Bertz CT molecular complexity index is 472. The molecule has 0 spiro atoms. The van der Waals surface area contributed by atoms with Gasteiger partial charge >= 0.3 is 0 Å². The van der Waals surface area contributed by atoms with E-state index in [4.69, 9.17) is 4.52 Å². The lowest BCUT2D eigenvalue weighted by molar-refractivity contribution is -0.117. The van der Waals surface area contributed by atoms with E-state index in [1.165, 1.54) is 0 Å². The van der Waals surface area contributed by atoms with Crippen LogP contribution in [-0.4, -0.2) is 35.6 Å². The number of carbonyl (C=O) groups is 1. The molecule has 0 bridgehead atoms. The fraction of sp³-hybridized carbons (Fsp3) is 0.600. The fourth-order valence-corrected chi connectivity index (χ4v) is 1.73. The van der Waals surface area contributed by atoms with Crippen LogP contribution in [0.2, 0.25) is 0 Å². The highest BCUT2D eigenvalue weighted by Gasteiger charge is 2.20. The zero-order valence-electron chi connectivity index (χ0n) is 13.1. The zero-order chi connectivity index (χ0) is 15.3. The fourth-order valence-electron chi connectivity index (χ4n) is 1.73. The highest BCUT2D eigenvalue weighted by atomic mass is 16.5. The topological polar surface area (TPSA) is 58.4 Å². The molecule has 0 aromatic carbocycles. The summed E-state index contributed by atoms with van der Waals surface area (Å²) in [5.74, 6) is 0.288. The number of nitrogens with zero attached hydrogens (tertiary/aromatic N) is 2. The van der Waals surface area contributed by atoms with Crippen molar-refractivity contribution in [3.63, 3.8) is 0 Å². The van der Waals surface area contributed by atoms with Gasteiger partial charge in [0.25, 0.3) is 0 Å². The molecule has 1 aromatic heterocycles. The van der Waals surface area contributed by atoms with Gasteiger partial charge in [-0.15, -0.1) is 0 Å². The largest absolute Gasteiger partial charge is 0.338 e. The minimum Gasteiger partial charge on any atom is -0.338 e. The molecule has 0 atom stereocenters. The highest BCUT2D eigenvalue weighted by molar-refractivity contribution is 5.91. The van der Waals surface area contributed by atoms with Crippen LogP contribution in [0.15, 0.2) is 22.7 Å². The second-order valence-electron chi connectivity index (χ2n) is 6.13. The van der Waals surface area contributed by atoms with Crippen LogP contribution in [0, 0.1) is 0 Å². The van der Waals surface area contributed by atoms with Crippen LogP contribution in [0.5, 0.6) is 0 Å². The second kappa shape index (κ2) is 6.70. The van der Waals surface area contributed by atoms with Gasteiger partial charge in [0.05, 0.1) is 12.2 Å². The molecule has 0 unspecified atom stereocenters. The number of hydrogen-bond donors (Lipinski definition) is 1. The van der Waals surface area contributed by atoms with E-state index >= 15 is 0 Å². The Morgan fingerprint density at radius 3 is 2.55 bits per heavy atom. The predicted octanol–water partition coefficient (Wildman–Crippen LogP) is 2.81. The van der Waals surface area contributed by atoms with Crippen molar-refractivity contribution >= 4 is 11.8 Å². The predicted molar refractivity (Wildman–Crippen MR) is 80.8 cm³/mol. The molecule has 5 nitrogen and oxygen atoms in total.